The second kappa shape index (κ2) is 5.20. The van der Waals surface area contributed by atoms with Crippen LogP contribution in [-0.4, -0.2) is 21.0 Å². The summed E-state index contributed by atoms with van der Waals surface area (Å²) in [6.45, 7) is 1.92. The molecular formula is C16H12N2O3. The van der Waals surface area contributed by atoms with Crippen LogP contribution in [0.2, 0.25) is 0 Å². The largest absolute Gasteiger partial charge is 0.477 e. The Kier molecular flexibility index (Phi) is 3.23. The topological polar surface area (TPSA) is 72.3 Å². The predicted molar refractivity (Wildman–Crippen MR) is 77.8 cm³/mol. The number of ether oxygens (including phenoxy) is 1. The van der Waals surface area contributed by atoms with Gasteiger partial charge in [-0.1, -0.05) is 18.2 Å². The summed E-state index contributed by atoms with van der Waals surface area (Å²) in [6, 6.07) is 12.6. The number of carboxylic acid groups (broad SMARTS) is 1. The van der Waals surface area contributed by atoms with Crippen LogP contribution in [0.25, 0.3) is 10.9 Å². The maximum atomic E-state index is 10.8. The summed E-state index contributed by atoms with van der Waals surface area (Å²) < 4.78 is 5.76. The molecule has 2 heterocycles. The average Bonchev–Trinajstić information content (AvgIpc) is 2.48. The smallest absolute Gasteiger partial charge is 0.354 e. The Morgan fingerprint density at radius 2 is 2.00 bits per heavy atom. The first-order valence-corrected chi connectivity index (χ1v) is 6.37. The molecule has 1 aromatic carbocycles. The van der Waals surface area contributed by atoms with Gasteiger partial charge >= 0.3 is 5.97 Å². The van der Waals surface area contributed by atoms with Gasteiger partial charge in [-0.15, -0.1) is 0 Å². The van der Waals surface area contributed by atoms with Gasteiger partial charge in [0.05, 0.1) is 6.20 Å². The first-order chi connectivity index (χ1) is 10.1. The molecule has 0 saturated carbocycles. The van der Waals surface area contributed by atoms with Crippen LogP contribution in [0.1, 0.15) is 16.2 Å². The molecule has 0 aliphatic heterocycles. The molecule has 3 rings (SSSR count). The number of carboxylic acids is 1. The highest BCUT2D eigenvalue weighted by Gasteiger charge is 2.07. The van der Waals surface area contributed by atoms with Gasteiger partial charge in [-0.25, -0.2) is 14.8 Å². The molecule has 21 heavy (non-hydrogen) atoms. The number of benzene rings is 1. The first kappa shape index (κ1) is 13.1. The third kappa shape index (κ3) is 2.67. The minimum atomic E-state index is -1.07. The molecular weight excluding hydrogens is 268 g/mol. The van der Waals surface area contributed by atoms with Crippen LogP contribution in [0.3, 0.4) is 0 Å². The number of carbonyl (C=O) groups is 1. The number of para-hydroxylation sites is 1. The number of pyridine rings is 2. The number of rotatable bonds is 3. The number of hydrogen-bond acceptors (Lipinski definition) is 4. The zero-order chi connectivity index (χ0) is 14.8. The average molecular weight is 280 g/mol. The summed E-state index contributed by atoms with van der Waals surface area (Å²) in [7, 11) is 0. The Hall–Kier alpha value is -2.95. The van der Waals surface area contributed by atoms with Crippen molar-refractivity contribution in [2.75, 3.05) is 0 Å². The monoisotopic (exact) mass is 280 g/mol. The standard InChI is InChI=1S/C16H12N2O3/c1-10-5-6-11-3-2-4-14(15(11)18-10)21-12-7-8-13(16(19)20)17-9-12/h2-9H,1H3,(H,19,20). The minimum absolute atomic E-state index is 0.0192. The Morgan fingerprint density at radius 1 is 1.14 bits per heavy atom. The molecule has 0 bridgehead atoms. The fraction of sp³-hybridized carbons (Fsp3) is 0.0625. The van der Waals surface area contributed by atoms with Gasteiger partial charge in [0.25, 0.3) is 0 Å². The van der Waals surface area contributed by atoms with Crippen molar-refractivity contribution in [3.8, 4) is 11.5 Å². The summed E-state index contributed by atoms with van der Waals surface area (Å²) in [5.74, 6) is 0.0147. The van der Waals surface area contributed by atoms with Crippen molar-refractivity contribution >= 4 is 16.9 Å². The number of aromatic carboxylic acids is 1. The summed E-state index contributed by atoms with van der Waals surface area (Å²) in [4.78, 5) is 19.1. The van der Waals surface area contributed by atoms with Crippen LogP contribution in [0.4, 0.5) is 0 Å². The van der Waals surface area contributed by atoms with Gasteiger partial charge in [-0.2, -0.15) is 0 Å². The van der Waals surface area contributed by atoms with Crippen LogP contribution in [0.15, 0.2) is 48.7 Å². The van der Waals surface area contributed by atoms with Crippen molar-refractivity contribution in [1.29, 1.82) is 0 Å². The third-order valence-electron chi connectivity index (χ3n) is 3.01. The van der Waals surface area contributed by atoms with Gasteiger partial charge in [0.2, 0.25) is 0 Å². The summed E-state index contributed by atoms with van der Waals surface area (Å²) >= 11 is 0. The summed E-state index contributed by atoms with van der Waals surface area (Å²) in [6.07, 6.45) is 1.39. The number of hydrogen-bond donors (Lipinski definition) is 1. The minimum Gasteiger partial charge on any atom is -0.477 e. The summed E-state index contributed by atoms with van der Waals surface area (Å²) in [5.41, 5.74) is 1.65. The van der Waals surface area contributed by atoms with Gasteiger partial charge in [0.15, 0.2) is 5.75 Å². The molecule has 5 nitrogen and oxygen atoms in total. The number of nitrogens with zero attached hydrogens (tertiary/aromatic N) is 2. The van der Waals surface area contributed by atoms with Gasteiger partial charge in [0, 0.05) is 11.1 Å². The SMILES string of the molecule is Cc1ccc2cccc(Oc3ccc(C(=O)O)nc3)c2n1. The third-order valence-corrected chi connectivity index (χ3v) is 3.01. The molecule has 1 N–H and O–H groups in total. The van der Waals surface area contributed by atoms with Crippen LogP contribution in [0.5, 0.6) is 11.5 Å². The van der Waals surface area contributed by atoms with Crippen molar-refractivity contribution in [2.45, 2.75) is 6.92 Å². The summed E-state index contributed by atoms with van der Waals surface area (Å²) in [5, 5.41) is 9.80. The van der Waals surface area contributed by atoms with Crippen molar-refractivity contribution in [2.24, 2.45) is 0 Å². The van der Waals surface area contributed by atoms with Crippen LogP contribution < -0.4 is 4.74 Å². The number of aromatic nitrogens is 2. The number of fused-ring (bicyclic) bond motifs is 1. The van der Waals surface area contributed by atoms with Crippen molar-refractivity contribution < 1.29 is 14.6 Å². The van der Waals surface area contributed by atoms with E-state index < -0.39 is 5.97 Å². The van der Waals surface area contributed by atoms with Crippen LogP contribution in [0, 0.1) is 6.92 Å². The van der Waals surface area contributed by atoms with E-state index in [0.29, 0.717) is 11.5 Å². The molecule has 2 aromatic heterocycles. The Morgan fingerprint density at radius 3 is 2.71 bits per heavy atom. The lowest BCUT2D eigenvalue weighted by Crippen LogP contribution is -1.99. The van der Waals surface area contributed by atoms with Crippen LogP contribution >= 0.6 is 0 Å². The molecule has 0 spiro atoms. The zero-order valence-electron chi connectivity index (χ0n) is 11.3. The lowest BCUT2D eigenvalue weighted by atomic mass is 10.2. The van der Waals surface area contributed by atoms with E-state index in [-0.39, 0.29) is 5.69 Å². The molecule has 0 radical (unpaired) electrons. The van der Waals surface area contributed by atoms with E-state index in [1.165, 1.54) is 12.3 Å². The van der Waals surface area contributed by atoms with Gasteiger partial charge in [0.1, 0.15) is 17.0 Å². The second-order valence-corrected chi connectivity index (χ2v) is 4.57. The molecule has 3 aromatic rings. The molecule has 0 atom stereocenters. The molecule has 0 amide bonds. The Balaban J connectivity index is 1.97. The fourth-order valence-corrected chi connectivity index (χ4v) is 1.99. The quantitative estimate of drug-likeness (QED) is 0.795. The fourth-order valence-electron chi connectivity index (χ4n) is 1.99. The molecule has 0 aliphatic carbocycles. The predicted octanol–water partition coefficient (Wildman–Crippen LogP) is 3.43. The molecule has 0 unspecified atom stereocenters. The van der Waals surface area contributed by atoms with E-state index >= 15 is 0 Å². The van der Waals surface area contributed by atoms with E-state index in [9.17, 15) is 4.79 Å². The van der Waals surface area contributed by atoms with Crippen molar-refractivity contribution in [1.82, 2.24) is 9.97 Å². The lowest BCUT2D eigenvalue weighted by molar-refractivity contribution is 0.0690. The van der Waals surface area contributed by atoms with Gasteiger partial charge < -0.3 is 9.84 Å². The van der Waals surface area contributed by atoms with E-state index in [1.807, 2.05) is 37.3 Å². The highest BCUT2D eigenvalue weighted by atomic mass is 16.5. The molecule has 0 fully saturated rings. The van der Waals surface area contributed by atoms with E-state index in [1.54, 1.807) is 6.07 Å². The Labute approximate surface area is 120 Å². The van der Waals surface area contributed by atoms with E-state index in [2.05, 4.69) is 9.97 Å². The zero-order valence-corrected chi connectivity index (χ0v) is 11.3. The van der Waals surface area contributed by atoms with Crippen LogP contribution in [-0.2, 0) is 0 Å². The maximum Gasteiger partial charge on any atom is 0.354 e. The van der Waals surface area contributed by atoms with Crippen molar-refractivity contribution in [3.05, 3.63) is 60.0 Å². The second-order valence-electron chi connectivity index (χ2n) is 4.57. The van der Waals surface area contributed by atoms with E-state index in [0.717, 1.165) is 16.6 Å². The molecule has 0 aliphatic rings. The molecule has 104 valence electrons. The molecule has 5 heteroatoms. The molecule has 0 saturated heterocycles. The number of aryl methyl sites for hydroxylation is 1. The highest BCUT2D eigenvalue weighted by Crippen LogP contribution is 2.28. The highest BCUT2D eigenvalue weighted by molar-refractivity contribution is 5.86. The maximum absolute atomic E-state index is 10.8. The van der Waals surface area contributed by atoms with Crippen molar-refractivity contribution in [3.63, 3.8) is 0 Å². The first-order valence-electron chi connectivity index (χ1n) is 6.37. The van der Waals surface area contributed by atoms with Gasteiger partial charge in [-0.05, 0) is 31.2 Å². The van der Waals surface area contributed by atoms with Gasteiger partial charge in [-0.3, -0.25) is 0 Å². The lowest BCUT2D eigenvalue weighted by Gasteiger charge is -2.08. The normalized spacial score (nSPS) is 10.5. The Bertz CT molecular complexity index is 813. The van der Waals surface area contributed by atoms with E-state index in [4.69, 9.17) is 9.84 Å².